The SMILES string of the molecule is Cc1ccc(O[C@H](C)C(=O)Nc2ccccc2Cl)cc1. The number of hydrogen-bond donors (Lipinski definition) is 1. The van der Waals surface area contributed by atoms with Crippen molar-refractivity contribution in [2.45, 2.75) is 20.0 Å². The lowest BCUT2D eigenvalue weighted by Gasteiger charge is -2.15. The quantitative estimate of drug-likeness (QED) is 0.922. The Bertz CT molecular complexity index is 596. The van der Waals surface area contributed by atoms with Crippen molar-refractivity contribution in [3.63, 3.8) is 0 Å². The van der Waals surface area contributed by atoms with Crippen LogP contribution in [0.15, 0.2) is 48.5 Å². The molecule has 0 aromatic heterocycles. The fraction of sp³-hybridized carbons (Fsp3) is 0.188. The van der Waals surface area contributed by atoms with Gasteiger partial charge < -0.3 is 10.1 Å². The largest absolute Gasteiger partial charge is 0.481 e. The fourth-order valence-electron chi connectivity index (χ4n) is 1.67. The summed E-state index contributed by atoms with van der Waals surface area (Å²) in [6.45, 7) is 3.70. The first kappa shape index (κ1) is 14.4. The van der Waals surface area contributed by atoms with Crippen molar-refractivity contribution in [2.24, 2.45) is 0 Å². The third-order valence-electron chi connectivity index (χ3n) is 2.83. The zero-order valence-electron chi connectivity index (χ0n) is 11.4. The van der Waals surface area contributed by atoms with E-state index in [1.54, 1.807) is 19.1 Å². The van der Waals surface area contributed by atoms with Crippen LogP contribution in [-0.2, 0) is 4.79 Å². The maximum absolute atomic E-state index is 12.0. The van der Waals surface area contributed by atoms with Crippen molar-refractivity contribution in [1.82, 2.24) is 0 Å². The van der Waals surface area contributed by atoms with E-state index in [2.05, 4.69) is 5.32 Å². The molecule has 0 aliphatic heterocycles. The standard InChI is InChI=1S/C16H16ClNO2/c1-11-7-9-13(10-8-11)20-12(2)16(19)18-15-6-4-3-5-14(15)17/h3-10,12H,1-2H3,(H,18,19)/t12-/m1/s1. The van der Waals surface area contributed by atoms with Gasteiger partial charge in [0.05, 0.1) is 10.7 Å². The van der Waals surface area contributed by atoms with Crippen LogP contribution in [0.1, 0.15) is 12.5 Å². The van der Waals surface area contributed by atoms with Crippen molar-refractivity contribution < 1.29 is 9.53 Å². The Morgan fingerprint density at radius 3 is 2.45 bits per heavy atom. The van der Waals surface area contributed by atoms with Crippen LogP contribution in [0.3, 0.4) is 0 Å². The van der Waals surface area contributed by atoms with E-state index in [4.69, 9.17) is 16.3 Å². The molecule has 1 N–H and O–H groups in total. The highest BCUT2D eigenvalue weighted by Crippen LogP contribution is 2.21. The van der Waals surface area contributed by atoms with Gasteiger partial charge in [-0.1, -0.05) is 41.4 Å². The molecule has 3 nitrogen and oxygen atoms in total. The van der Waals surface area contributed by atoms with Crippen molar-refractivity contribution >= 4 is 23.2 Å². The van der Waals surface area contributed by atoms with Gasteiger partial charge in [0.2, 0.25) is 0 Å². The molecule has 20 heavy (non-hydrogen) atoms. The van der Waals surface area contributed by atoms with E-state index in [1.807, 2.05) is 43.3 Å². The first-order valence-electron chi connectivity index (χ1n) is 6.35. The number of amides is 1. The molecule has 0 radical (unpaired) electrons. The normalized spacial score (nSPS) is 11.8. The van der Waals surface area contributed by atoms with Gasteiger partial charge in [-0.25, -0.2) is 0 Å². The van der Waals surface area contributed by atoms with E-state index in [0.29, 0.717) is 16.5 Å². The van der Waals surface area contributed by atoms with Gasteiger partial charge in [-0.3, -0.25) is 4.79 Å². The Kier molecular flexibility index (Phi) is 4.64. The summed E-state index contributed by atoms with van der Waals surface area (Å²) in [5.74, 6) is 0.427. The predicted octanol–water partition coefficient (Wildman–Crippen LogP) is 4.05. The Morgan fingerprint density at radius 2 is 1.80 bits per heavy atom. The van der Waals surface area contributed by atoms with Crippen LogP contribution < -0.4 is 10.1 Å². The van der Waals surface area contributed by atoms with E-state index in [-0.39, 0.29) is 5.91 Å². The van der Waals surface area contributed by atoms with Crippen LogP contribution in [0, 0.1) is 6.92 Å². The van der Waals surface area contributed by atoms with Crippen molar-refractivity contribution in [3.8, 4) is 5.75 Å². The minimum Gasteiger partial charge on any atom is -0.481 e. The first-order chi connectivity index (χ1) is 9.56. The highest BCUT2D eigenvalue weighted by atomic mass is 35.5. The average Bonchev–Trinajstić information content (AvgIpc) is 2.44. The molecule has 1 amide bonds. The Labute approximate surface area is 123 Å². The molecular weight excluding hydrogens is 274 g/mol. The molecule has 0 saturated heterocycles. The lowest BCUT2D eigenvalue weighted by atomic mass is 10.2. The molecule has 0 fully saturated rings. The van der Waals surface area contributed by atoms with Crippen LogP contribution in [-0.4, -0.2) is 12.0 Å². The van der Waals surface area contributed by atoms with Gasteiger partial charge in [-0.05, 0) is 38.1 Å². The summed E-state index contributed by atoms with van der Waals surface area (Å²) in [5.41, 5.74) is 1.73. The highest BCUT2D eigenvalue weighted by molar-refractivity contribution is 6.33. The minimum atomic E-state index is -0.603. The minimum absolute atomic E-state index is 0.237. The monoisotopic (exact) mass is 289 g/mol. The van der Waals surface area contributed by atoms with E-state index < -0.39 is 6.10 Å². The van der Waals surface area contributed by atoms with E-state index in [1.165, 1.54) is 0 Å². The zero-order valence-corrected chi connectivity index (χ0v) is 12.1. The summed E-state index contributed by atoms with van der Waals surface area (Å²) in [7, 11) is 0. The van der Waals surface area contributed by atoms with Crippen LogP contribution >= 0.6 is 11.6 Å². The molecule has 2 aromatic carbocycles. The maximum atomic E-state index is 12.0. The fourth-order valence-corrected chi connectivity index (χ4v) is 1.85. The number of carbonyl (C=O) groups is 1. The number of halogens is 1. The lowest BCUT2D eigenvalue weighted by Crippen LogP contribution is -2.30. The second kappa shape index (κ2) is 6.44. The predicted molar refractivity (Wildman–Crippen MR) is 81.4 cm³/mol. The van der Waals surface area contributed by atoms with Gasteiger partial charge in [-0.15, -0.1) is 0 Å². The third kappa shape index (κ3) is 3.75. The third-order valence-corrected chi connectivity index (χ3v) is 3.16. The summed E-state index contributed by atoms with van der Waals surface area (Å²) in [6, 6.07) is 14.7. The molecule has 0 heterocycles. The summed E-state index contributed by atoms with van der Waals surface area (Å²) >= 11 is 6.00. The second-order valence-electron chi connectivity index (χ2n) is 4.54. The van der Waals surface area contributed by atoms with Crippen molar-refractivity contribution in [1.29, 1.82) is 0 Å². The number of carbonyl (C=O) groups excluding carboxylic acids is 1. The maximum Gasteiger partial charge on any atom is 0.265 e. The molecule has 0 saturated carbocycles. The zero-order chi connectivity index (χ0) is 14.5. The molecule has 0 spiro atoms. The van der Waals surface area contributed by atoms with Gasteiger partial charge >= 0.3 is 0 Å². The number of hydrogen-bond acceptors (Lipinski definition) is 2. The van der Waals surface area contributed by atoms with Gasteiger partial charge in [0.15, 0.2) is 6.10 Å². The van der Waals surface area contributed by atoms with Crippen molar-refractivity contribution in [3.05, 3.63) is 59.1 Å². The van der Waals surface area contributed by atoms with Gasteiger partial charge in [-0.2, -0.15) is 0 Å². The van der Waals surface area contributed by atoms with Crippen LogP contribution in [0.2, 0.25) is 5.02 Å². The topological polar surface area (TPSA) is 38.3 Å². The Balaban J connectivity index is 1.99. The molecule has 2 aromatic rings. The Hall–Kier alpha value is -2.00. The lowest BCUT2D eigenvalue weighted by molar-refractivity contribution is -0.122. The van der Waals surface area contributed by atoms with E-state index >= 15 is 0 Å². The van der Waals surface area contributed by atoms with Gasteiger partial charge in [0.25, 0.3) is 5.91 Å². The van der Waals surface area contributed by atoms with Crippen LogP contribution in [0.5, 0.6) is 5.75 Å². The average molecular weight is 290 g/mol. The van der Waals surface area contributed by atoms with Crippen molar-refractivity contribution in [2.75, 3.05) is 5.32 Å². The summed E-state index contributed by atoms with van der Waals surface area (Å²) in [6.07, 6.45) is -0.603. The molecule has 104 valence electrons. The molecule has 0 unspecified atom stereocenters. The molecule has 1 atom stereocenters. The number of para-hydroxylation sites is 1. The van der Waals surface area contributed by atoms with Crippen LogP contribution in [0.25, 0.3) is 0 Å². The van der Waals surface area contributed by atoms with Crippen LogP contribution in [0.4, 0.5) is 5.69 Å². The molecule has 4 heteroatoms. The van der Waals surface area contributed by atoms with Gasteiger partial charge in [0.1, 0.15) is 5.75 Å². The molecule has 0 aliphatic rings. The number of aryl methyl sites for hydroxylation is 1. The summed E-state index contributed by atoms with van der Waals surface area (Å²) in [4.78, 5) is 12.0. The molecule has 0 aliphatic carbocycles. The van der Waals surface area contributed by atoms with E-state index in [0.717, 1.165) is 5.56 Å². The van der Waals surface area contributed by atoms with E-state index in [9.17, 15) is 4.79 Å². The Morgan fingerprint density at radius 1 is 1.15 bits per heavy atom. The number of nitrogens with one attached hydrogen (secondary N) is 1. The smallest absolute Gasteiger partial charge is 0.265 e. The summed E-state index contributed by atoms with van der Waals surface area (Å²) in [5, 5.41) is 3.25. The summed E-state index contributed by atoms with van der Waals surface area (Å²) < 4.78 is 5.59. The first-order valence-corrected chi connectivity index (χ1v) is 6.73. The number of ether oxygens (including phenoxy) is 1. The second-order valence-corrected chi connectivity index (χ2v) is 4.95. The molecular formula is C16H16ClNO2. The number of rotatable bonds is 4. The van der Waals surface area contributed by atoms with Gasteiger partial charge in [0, 0.05) is 0 Å². The number of anilines is 1. The highest BCUT2D eigenvalue weighted by Gasteiger charge is 2.15. The number of benzene rings is 2. The molecule has 2 rings (SSSR count). The molecule has 0 bridgehead atoms.